The van der Waals surface area contributed by atoms with E-state index in [1.807, 2.05) is 0 Å². The molecule has 0 amide bonds. The number of hydrogen-bond acceptors (Lipinski definition) is 1. The summed E-state index contributed by atoms with van der Waals surface area (Å²) in [6.45, 7) is 6.09. The van der Waals surface area contributed by atoms with Crippen LogP contribution in [-0.4, -0.2) is 15.7 Å². The van der Waals surface area contributed by atoms with Gasteiger partial charge in [0.1, 0.15) is 0 Å². The van der Waals surface area contributed by atoms with Crippen molar-refractivity contribution in [1.29, 1.82) is 0 Å². The molecule has 0 N–H and O–H groups in total. The van der Waals surface area contributed by atoms with E-state index in [0.29, 0.717) is 0 Å². The molecule has 0 radical (unpaired) electrons. The Hall–Kier alpha value is 0.690. The zero-order chi connectivity index (χ0) is 9.42. The highest BCUT2D eigenvalue weighted by molar-refractivity contribution is 14.1. The van der Waals surface area contributed by atoms with E-state index in [0.717, 1.165) is 23.8 Å². The second-order valence-corrected chi connectivity index (χ2v) is 6.32. The molecule has 1 heterocycles. The van der Waals surface area contributed by atoms with E-state index < -0.39 is 0 Å². The van der Waals surface area contributed by atoms with Crippen LogP contribution in [0.4, 0.5) is 0 Å². The molecule has 1 saturated heterocycles. The third kappa shape index (κ3) is 2.04. The molecule has 0 aromatic carbocycles. The Kier molecular flexibility index (Phi) is 3.18. The average molecular weight is 293 g/mol. The Morgan fingerprint density at radius 3 is 2.62 bits per heavy atom. The van der Waals surface area contributed by atoms with E-state index in [9.17, 15) is 0 Å². The summed E-state index contributed by atoms with van der Waals surface area (Å²) in [4.78, 5) is 0. The summed E-state index contributed by atoms with van der Waals surface area (Å²) in [6.07, 6.45) is 5.96. The zero-order valence-corrected chi connectivity index (χ0v) is 10.8. The summed E-state index contributed by atoms with van der Waals surface area (Å²) in [6, 6.07) is 0.847. The van der Waals surface area contributed by atoms with Gasteiger partial charge in [-0.25, -0.2) is 3.11 Å². The first-order chi connectivity index (χ1) is 6.18. The first kappa shape index (κ1) is 10.2. The van der Waals surface area contributed by atoms with E-state index in [1.165, 1.54) is 32.2 Å². The van der Waals surface area contributed by atoms with Crippen LogP contribution in [0.25, 0.3) is 0 Å². The summed E-state index contributed by atoms with van der Waals surface area (Å²) in [7, 11) is 0. The molecule has 1 saturated carbocycles. The lowest BCUT2D eigenvalue weighted by Crippen LogP contribution is -2.42. The van der Waals surface area contributed by atoms with Gasteiger partial charge in [0.05, 0.1) is 0 Å². The molecule has 0 aromatic rings. The van der Waals surface area contributed by atoms with Gasteiger partial charge in [-0.15, -0.1) is 0 Å². The van der Waals surface area contributed by atoms with Crippen molar-refractivity contribution >= 4 is 22.9 Å². The molecule has 2 rings (SSSR count). The maximum Gasteiger partial charge on any atom is 0.0220 e. The van der Waals surface area contributed by atoms with Crippen LogP contribution in [0.15, 0.2) is 0 Å². The van der Waals surface area contributed by atoms with E-state index in [1.54, 1.807) is 0 Å². The summed E-state index contributed by atoms with van der Waals surface area (Å²) < 4.78 is 2.58. The van der Waals surface area contributed by atoms with Crippen LogP contribution in [0.5, 0.6) is 0 Å². The van der Waals surface area contributed by atoms with E-state index in [-0.39, 0.29) is 0 Å². The van der Waals surface area contributed by atoms with Crippen molar-refractivity contribution in [3.8, 4) is 0 Å². The highest BCUT2D eigenvalue weighted by Crippen LogP contribution is 2.42. The molecule has 1 nitrogen and oxygen atoms in total. The Morgan fingerprint density at radius 2 is 1.92 bits per heavy atom. The summed E-state index contributed by atoms with van der Waals surface area (Å²) in [5, 5.41) is 0. The molecule has 1 aliphatic heterocycles. The Morgan fingerprint density at radius 1 is 1.23 bits per heavy atom. The fraction of sp³-hybridized carbons (Fsp3) is 1.00. The van der Waals surface area contributed by atoms with Crippen molar-refractivity contribution in [2.24, 2.45) is 17.8 Å². The largest absolute Gasteiger partial charge is 0.244 e. The number of halogens is 1. The van der Waals surface area contributed by atoms with Gasteiger partial charge in [0.15, 0.2) is 0 Å². The van der Waals surface area contributed by atoms with Crippen LogP contribution in [0.1, 0.15) is 39.5 Å². The van der Waals surface area contributed by atoms with Crippen molar-refractivity contribution in [2.75, 3.05) is 6.54 Å². The summed E-state index contributed by atoms with van der Waals surface area (Å²) in [5.74, 6) is 2.93. The predicted octanol–water partition coefficient (Wildman–Crippen LogP) is 3.48. The van der Waals surface area contributed by atoms with Crippen molar-refractivity contribution in [3.63, 3.8) is 0 Å². The molecule has 0 spiro atoms. The number of fused-ring (bicyclic) bond motifs is 1. The molecule has 1 unspecified atom stereocenters. The molecule has 0 bridgehead atoms. The van der Waals surface area contributed by atoms with Gasteiger partial charge in [-0.05, 0) is 30.6 Å². The third-order valence-electron chi connectivity index (χ3n) is 3.90. The minimum Gasteiger partial charge on any atom is -0.244 e. The molecular weight excluding hydrogens is 273 g/mol. The van der Waals surface area contributed by atoms with Crippen LogP contribution >= 0.6 is 22.9 Å². The Balaban J connectivity index is 2.01. The smallest absolute Gasteiger partial charge is 0.0220 e. The molecule has 2 fully saturated rings. The molecule has 1 aliphatic carbocycles. The lowest BCUT2D eigenvalue weighted by molar-refractivity contribution is 0.144. The highest BCUT2D eigenvalue weighted by Gasteiger charge is 2.38. The van der Waals surface area contributed by atoms with Crippen molar-refractivity contribution < 1.29 is 0 Å². The average Bonchev–Trinajstić information content (AvgIpc) is 2.48. The highest BCUT2D eigenvalue weighted by atomic mass is 127. The van der Waals surface area contributed by atoms with E-state index in [4.69, 9.17) is 0 Å². The lowest BCUT2D eigenvalue weighted by atomic mass is 9.82. The lowest BCUT2D eigenvalue weighted by Gasteiger charge is -2.40. The zero-order valence-electron chi connectivity index (χ0n) is 8.67. The minimum absolute atomic E-state index is 0.832. The van der Waals surface area contributed by atoms with Gasteiger partial charge in [-0.3, -0.25) is 0 Å². The number of nitrogens with zero attached hydrogens (tertiary/aromatic N) is 1. The van der Waals surface area contributed by atoms with Gasteiger partial charge < -0.3 is 0 Å². The van der Waals surface area contributed by atoms with E-state index in [2.05, 4.69) is 39.8 Å². The number of piperidine rings is 1. The Bertz CT molecular complexity index is 181. The number of hydrogen-bond donors (Lipinski definition) is 0. The third-order valence-corrected chi connectivity index (χ3v) is 5.01. The van der Waals surface area contributed by atoms with Gasteiger partial charge in [-0.1, -0.05) is 26.7 Å². The quantitative estimate of drug-likeness (QED) is 0.528. The first-order valence-corrected chi connectivity index (χ1v) is 6.57. The Labute approximate surface area is 95.8 Å². The summed E-state index contributed by atoms with van der Waals surface area (Å²) in [5.41, 5.74) is 0. The second-order valence-electron chi connectivity index (χ2n) is 5.08. The summed E-state index contributed by atoms with van der Waals surface area (Å²) >= 11 is 2.54. The van der Waals surface area contributed by atoms with Crippen molar-refractivity contribution in [2.45, 2.75) is 45.6 Å². The molecule has 76 valence electrons. The second kappa shape index (κ2) is 4.05. The van der Waals surface area contributed by atoms with Gasteiger partial charge in [-0.2, -0.15) is 0 Å². The van der Waals surface area contributed by atoms with Crippen LogP contribution in [0.3, 0.4) is 0 Å². The van der Waals surface area contributed by atoms with Crippen molar-refractivity contribution in [1.82, 2.24) is 3.11 Å². The molecule has 2 aliphatic rings. The molecule has 3 atom stereocenters. The first-order valence-electron chi connectivity index (χ1n) is 5.61. The van der Waals surface area contributed by atoms with Crippen molar-refractivity contribution in [3.05, 3.63) is 0 Å². The SMILES string of the molecule is CC(C)C1C[C@@H]2CCC[C@@H]2CN1I. The molecule has 0 aromatic heterocycles. The maximum absolute atomic E-state index is 2.58. The molecule has 13 heavy (non-hydrogen) atoms. The fourth-order valence-corrected chi connectivity index (χ4v) is 4.42. The normalized spacial score (nSPS) is 41.1. The van der Waals surface area contributed by atoms with Crippen LogP contribution in [-0.2, 0) is 0 Å². The van der Waals surface area contributed by atoms with Gasteiger partial charge in [0.2, 0.25) is 0 Å². The maximum atomic E-state index is 2.58. The fourth-order valence-electron chi connectivity index (χ4n) is 3.04. The number of rotatable bonds is 1. The predicted molar refractivity (Wildman–Crippen MR) is 64.8 cm³/mol. The van der Waals surface area contributed by atoms with Gasteiger partial charge in [0, 0.05) is 35.5 Å². The molecular formula is C11H20IN. The minimum atomic E-state index is 0.832. The molecule has 2 heteroatoms. The van der Waals surface area contributed by atoms with Gasteiger partial charge in [0.25, 0.3) is 0 Å². The topological polar surface area (TPSA) is 3.24 Å². The monoisotopic (exact) mass is 293 g/mol. The van der Waals surface area contributed by atoms with Crippen LogP contribution in [0.2, 0.25) is 0 Å². The van der Waals surface area contributed by atoms with Crippen LogP contribution < -0.4 is 0 Å². The van der Waals surface area contributed by atoms with Gasteiger partial charge >= 0.3 is 0 Å². The van der Waals surface area contributed by atoms with Crippen LogP contribution in [0, 0.1) is 17.8 Å². The van der Waals surface area contributed by atoms with E-state index >= 15 is 0 Å². The standard InChI is InChI=1S/C11H20IN/c1-8(2)11-6-9-4-3-5-10(9)7-13(11)12/h8-11H,3-7H2,1-2H3/t9-,10+,11?/m0/s1.